The maximum Gasteiger partial charge on any atom is 0.305 e. The summed E-state index contributed by atoms with van der Waals surface area (Å²) in [7, 11) is 2.76. The number of nitrogens with one attached hydrogen (secondary N) is 6. The van der Waals surface area contributed by atoms with Crippen molar-refractivity contribution in [3.63, 3.8) is 0 Å². The quantitative estimate of drug-likeness (QED) is 0.0436. The number of hydrogen-bond acceptors (Lipinski definition) is 14. The van der Waals surface area contributed by atoms with E-state index in [2.05, 4.69) is 29.9 Å². The molecule has 4 saturated carbocycles. The first kappa shape index (κ1) is 75.7. The van der Waals surface area contributed by atoms with E-state index in [1.807, 2.05) is 207 Å². The van der Waals surface area contributed by atoms with E-state index < -0.39 is 47.3 Å². The summed E-state index contributed by atoms with van der Waals surface area (Å²) in [6.07, 6.45) is 18.5. The number of ether oxygens (including phenoxy) is 2. The number of fused-ring (bicyclic) bond motifs is 6. The number of aromatic nitrogens is 8. The fraction of sp³-hybridized carbons (Fsp3) is 0.224. The van der Waals surface area contributed by atoms with E-state index in [0.29, 0.717) is 38.5 Å². The van der Waals surface area contributed by atoms with Crippen LogP contribution in [0.25, 0.3) is 87.2 Å². The van der Waals surface area contributed by atoms with Gasteiger partial charge in [-0.25, -0.2) is 0 Å². The Morgan fingerprint density at radius 3 is 0.867 bits per heavy atom. The molecular formula is C98H80N8O14. The third-order valence-electron chi connectivity index (χ3n) is 25.6. The fourth-order valence-electron chi connectivity index (χ4n) is 20.1. The highest BCUT2D eigenvalue weighted by Gasteiger charge is 2.50. The molecule has 8 atom stereocenters. The molecule has 120 heavy (non-hydrogen) atoms. The average molecular weight is 1590 g/mol. The van der Waals surface area contributed by atoms with E-state index in [1.165, 1.54) is 14.2 Å². The third-order valence-corrected chi connectivity index (χ3v) is 25.6. The topological polar surface area (TPSA) is 328 Å². The number of esters is 2. The predicted octanol–water partition coefficient (Wildman–Crippen LogP) is 16.6. The van der Waals surface area contributed by atoms with Crippen molar-refractivity contribution in [3.8, 4) is 0 Å². The smallest absolute Gasteiger partial charge is 0.305 e. The van der Waals surface area contributed by atoms with Gasteiger partial charge >= 0.3 is 11.9 Å². The van der Waals surface area contributed by atoms with Crippen molar-refractivity contribution in [1.29, 1.82) is 0 Å². The van der Waals surface area contributed by atoms with Crippen molar-refractivity contribution < 1.29 is 67.0 Å². The number of benzene rings is 8. The minimum absolute atomic E-state index is 0.0420. The number of rotatable bonds is 14. The van der Waals surface area contributed by atoms with Crippen LogP contribution in [0, 0.1) is 0 Å². The minimum atomic E-state index is -0.563. The van der Waals surface area contributed by atoms with Crippen molar-refractivity contribution in [2.45, 2.75) is 124 Å². The molecule has 2 aliphatic heterocycles. The number of aromatic amines is 6. The average Bonchev–Trinajstić information content (AvgIpc) is 1.58. The molecule has 4 fully saturated rings. The first-order valence-corrected chi connectivity index (χ1v) is 40.5. The number of carbonyl (C=O) groups excluding carboxylic acids is 12. The summed E-state index contributed by atoms with van der Waals surface area (Å²) in [6.45, 7) is 0. The third kappa shape index (κ3) is 12.9. The van der Waals surface area contributed by atoms with Crippen LogP contribution in [-0.4, -0.2) is 123 Å². The molecule has 0 saturated heterocycles. The zero-order valence-corrected chi connectivity index (χ0v) is 65.5. The Kier molecular flexibility index (Phi) is 19.3. The number of methoxy groups -OCH3 is 2. The Hall–Kier alpha value is -14.3. The number of Topliss-reactive ketones (excluding diaryl/α,β-unsaturated/α-hetero) is 8. The molecule has 0 bridgehead atoms. The van der Waals surface area contributed by atoms with E-state index in [9.17, 15) is 57.5 Å². The lowest BCUT2D eigenvalue weighted by atomic mass is 9.83. The fourth-order valence-corrected chi connectivity index (χ4v) is 20.1. The maximum atomic E-state index is 13.0. The molecule has 596 valence electrons. The highest BCUT2D eigenvalue weighted by molar-refractivity contribution is 6.20. The standard InChI is InChI=1S/2C25H22N2O4.2C24H18N2O3/c2*1-31-22(30)10-9-14-5-4-7-16-18(13-27-25(14)16)24-21(29)11-20(28)23(24)17-12-26-19-8-3-2-6-15(17)19;2*27-19-10-20(28)23(22(19)16-11-25-18-7-2-1-5-14(16)18)17-12-26-21(29)9-8-13-4-3-6-15(17)24(13)26/h2*2-8,12-13,23-24,26-27H,9-11H2,1H3;2*1-7,11-12,22-23,25H,8-10H2/t2*23-,24-;2*22-,23-/m1010/s1. The molecule has 22 heteroatoms. The summed E-state index contributed by atoms with van der Waals surface area (Å²) in [6, 6.07) is 55.0. The zero-order valence-electron chi connectivity index (χ0n) is 65.5. The molecular weight excluding hydrogens is 1510 g/mol. The van der Waals surface area contributed by atoms with Crippen LogP contribution in [0.1, 0.15) is 175 Å². The number of H-pyrrole nitrogens is 6. The van der Waals surface area contributed by atoms with E-state index in [0.717, 1.165) is 154 Å². The molecule has 6 N–H and O–H groups in total. The first-order valence-electron chi connectivity index (χ1n) is 40.5. The summed E-state index contributed by atoms with van der Waals surface area (Å²) in [5, 5.41) is 7.53. The maximum absolute atomic E-state index is 13.0. The van der Waals surface area contributed by atoms with E-state index >= 15 is 0 Å². The van der Waals surface area contributed by atoms with Gasteiger partial charge in [0.05, 0.1) is 98.3 Å². The van der Waals surface area contributed by atoms with Crippen molar-refractivity contribution in [2.75, 3.05) is 14.2 Å². The Labute approximate surface area is 684 Å². The molecule has 0 unspecified atom stereocenters. The van der Waals surface area contributed by atoms with Gasteiger partial charge in [0.2, 0.25) is 11.8 Å². The molecule has 0 spiro atoms. The van der Waals surface area contributed by atoms with Crippen LogP contribution in [0.3, 0.4) is 0 Å². The SMILES string of the molecule is COC(=O)CCc1cccc2c([C@@H]3C(=O)CC(=O)[C@H]3c3c[nH]c4ccccc34)c[nH]c12.COC(=O)CCc1cccc2c([C@H]3C(=O)CC(=O)[C@@H]3c3c[nH]c4ccccc34)c[nH]c12.O=C1CC(=O)[C@@H](c2cn3c4c(cccc24)CCC3=O)[C@@H]1c1c[nH]c2ccccc12.O=C1CC(=O)[C@H](c2cn3c4c(cccc24)CCC3=O)[C@H]1c1c[nH]c2ccccc12. The monoisotopic (exact) mass is 1590 g/mol. The molecule has 22 rings (SSSR count). The van der Waals surface area contributed by atoms with Crippen LogP contribution in [0.2, 0.25) is 0 Å². The number of carbonyl (C=O) groups is 12. The largest absolute Gasteiger partial charge is 0.469 e. The van der Waals surface area contributed by atoms with Gasteiger partial charge in [0.1, 0.15) is 46.3 Å². The Morgan fingerprint density at radius 2 is 0.558 bits per heavy atom. The van der Waals surface area contributed by atoms with Gasteiger partial charge in [-0.15, -0.1) is 0 Å². The van der Waals surface area contributed by atoms with Crippen LogP contribution < -0.4 is 0 Å². The molecule has 22 nitrogen and oxygen atoms in total. The summed E-state index contributed by atoms with van der Waals surface area (Å²) in [4.78, 5) is 172. The summed E-state index contributed by atoms with van der Waals surface area (Å²) in [5.74, 6) is -5.16. The van der Waals surface area contributed by atoms with Gasteiger partial charge in [-0.05, 0) is 117 Å². The number of nitrogens with zero attached hydrogens (tertiary/aromatic N) is 2. The van der Waals surface area contributed by atoms with Gasteiger partial charge in [-0.3, -0.25) is 66.7 Å². The van der Waals surface area contributed by atoms with Crippen LogP contribution in [0.15, 0.2) is 219 Å². The molecule has 0 radical (unpaired) electrons. The summed E-state index contributed by atoms with van der Waals surface area (Å²) >= 11 is 0. The Bertz CT molecular complexity index is 6620. The van der Waals surface area contributed by atoms with Gasteiger partial charge in [0, 0.05) is 151 Å². The molecule has 8 aromatic carbocycles. The summed E-state index contributed by atoms with van der Waals surface area (Å²) < 4.78 is 12.9. The minimum Gasteiger partial charge on any atom is -0.469 e. The van der Waals surface area contributed by atoms with Gasteiger partial charge in [-0.1, -0.05) is 146 Å². The van der Waals surface area contributed by atoms with Gasteiger partial charge in [0.25, 0.3) is 0 Å². The Balaban J connectivity index is 0.000000106. The normalized spacial score (nSPS) is 20.2. The summed E-state index contributed by atoms with van der Waals surface area (Å²) in [5.41, 5.74) is 18.3. The second kappa shape index (κ2) is 30.6. The number of hydrogen-bond donors (Lipinski definition) is 6. The highest BCUT2D eigenvalue weighted by atomic mass is 16.5. The van der Waals surface area contributed by atoms with Gasteiger partial charge in [-0.2, -0.15) is 0 Å². The van der Waals surface area contributed by atoms with Gasteiger partial charge in [0.15, 0.2) is 0 Å². The molecule has 4 aliphatic carbocycles. The lowest BCUT2D eigenvalue weighted by molar-refractivity contribution is -0.141. The van der Waals surface area contributed by atoms with Crippen molar-refractivity contribution in [2.24, 2.45) is 0 Å². The number of ketones is 8. The second-order valence-corrected chi connectivity index (χ2v) is 32.1. The molecule has 6 aliphatic rings. The van der Waals surface area contributed by atoms with E-state index in [-0.39, 0.29) is 109 Å². The highest BCUT2D eigenvalue weighted by Crippen LogP contribution is 2.52. The lowest BCUT2D eigenvalue weighted by Crippen LogP contribution is -2.16. The van der Waals surface area contributed by atoms with Crippen LogP contribution >= 0.6 is 0 Å². The molecule has 16 aromatic rings. The van der Waals surface area contributed by atoms with Crippen LogP contribution in [-0.2, 0) is 83.1 Å². The van der Waals surface area contributed by atoms with Crippen LogP contribution in [0.4, 0.5) is 0 Å². The second-order valence-electron chi connectivity index (χ2n) is 32.1. The zero-order chi connectivity index (χ0) is 82.5. The Morgan fingerprint density at radius 1 is 0.300 bits per heavy atom. The molecule has 8 aromatic heterocycles. The van der Waals surface area contributed by atoms with Crippen molar-refractivity contribution in [3.05, 3.63) is 286 Å². The lowest BCUT2D eigenvalue weighted by Gasteiger charge is -2.17. The number of aryl methyl sites for hydroxylation is 4. The molecule has 10 heterocycles. The molecule has 0 amide bonds. The van der Waals surface area contributed by atoms with Crippen molar-refractivity contribution in [1.82, 2.24) is 39.0 Å². The van der Waals surface area contributed by atoms with E-state index in [1.54, 1.807) is 21.5 Å². The van der Waals surface area contributed by atoms with Gasteiger partial charge < -0.3 is 39.4 Å². The van der Waals surface area contributed by atoms with E-state index in [4.69, 9.17) is 9.47 Å². The van der Waals surface area contributed by atoms with Crippen LogP contribution in [0.5, 0.6) is 0 Å². The predicted molar refractivity (Wildman–Crippen MR) is 453 cm³/mol. The first-order chi connectivity index (χ1) is 58.4. The van der Waals surface area contributed by atoms with Crippen molar-refractivity contribution >= 4 is 157 Å². The number of para-hydroxylation sites is 8.